The van der Waals surface area contributed by atoms with Crippen LogP contribution in [-0.4, -0.2) is 53.6 Å². The van der Waals surface area contributed by atoms with Crippen LogP contribution in [0.3, 0.4) is 0 Å². The lowest BCUT2D eigenvalue weighted by Gasteiger charge is -2.34. The van der Waals surface area contributed by atoms with Crippen molar-refractivity contribution in [3.63, 3.8) is 0 Å². The lowest BCUT2D eigenvalue weighted by Crippen LogP contribution is -2.45. The van der Waals surface area contributed by atoms with Gasteiger partial charge >= 0.3 is 0 Å². The second kappa shape index (κ2) is 4.25. The molecule has 0 aromatic carbocycles. The van der Waals surface area contributed by atoms with Gasteiger partial charge in [-0.05, 0) is 45.7 Å². The van der Waals surface area contributed by atoms with E-state index in [2.05, 4.69) is 17.1 Å². The SMILES string of the molecule is CC(CN1CNC2(CC2)C1=O)N1CCCCC1. The van der Waals surface area contributed by atoms with E-state index in [9.17, 15) is 4.79 Å². The van der Waals surface area contributed by atoms with Gasteiger partial charge in [0.15, 0.2) is 0 Å². The maximum Gasteiger partial charge on any atom is 0.244 e. The minimum Gasteiger partial charge on any atom is -0.327 e. The van der Waals surface area contributed by atoms with Crippen molar-refractivity contribution < 1.29 is 4.79 Å². The Kier molecular flexibility index (Phi) is 2.87. The molecule has 96 valence electrons. The second-order valence-electron chi connectivity index (χ2n) is 5.89. The van der Waals surface area contributed by atoms with Crippen LogP contribution in [0.2, 0.25) is 0 Å². The van der Waals surface area contributed by atoms with E-state index in [1.54, 1.807) is 0 Å². The minimum absolute atomic E-state index is 0.123. The maximum absolute atomic E-state index is 12.2. The zero-order chi connectivity index (χ0) is 11.9. The predicted molar refractivity (Wildman–Crippen MR) is 66.6 cm³/mol. The van der Waals surface area contributed by atoms with Crippen LogP contribution < -0.4 is 5.32 Å². The van der Waals surface area contributed by atoms with Crippen molar-refractivity contribution in [1.29, 1.82) is 0 Å². The summed E-state index contributed by atoms with van der Waals surface area (Å²) in [5.41, 5.74) is -0.123. The van der Waals surface area contributed by atoms with E-state index in [1.807, 2.05) is 4.90 Å². The molecule has 1 aliphatic carbocycles. The van der Waals surface area contributed by atoms with Crippen LogP contribution in [0.1, 0.15) is 39.0 Å². The van der Waals surface area contributed by atoms with Gasteiger partial charge in [-0.1, -0.05) is 6.42 Å². The fraction of sp³-hybridized carbons (Fsp3) is 0.923. The monoisotopic (exact) mass is 237 g/mol. The summed E-state index contributed by atoms with van der Waals surface area (Å²) in [6.07, 6.45) is 6.10. The van der Waals surface area contributed by atoms with Crippen LogP contribution >= 0.6 is 0 Å². The number of rotatable bonds is 3. The fourth-order valence-corrected chi connectivity index (χ4v) is 3.15. The number of carbonyl (C=O) groups excluding carboxylic acids is 1. The Morgan fingerprint density at radius 1 is 1.29 bits per heavy atom. The molecule has 1 N–H and O–H groups in total. The zero-order valence-electron chi connectivity index (χ0n) is 10.7. The van der Waals surface area contributed by atoms with Crippen molar-refractivity contribution in [3.05, 3.63) is 0 Å². The number of piperidine rings is 1. The van der Waals surface area contributed by atoms with Gasteiger partial charge in [0.2, 0.25) is 5.91 Å². The standard InChI is InChI=1S/C13H23N3O/c1-11(15-7-3-2-4-8-15)9-16-10-14-13(5-6-13)12(16)17/h11,14H,2-10H2,1H3. The molecule has 1 spiro atoms. The van der Waals surface area contributed by atoms with Crippen molar-refractivity contribution in [2.24, 2.45) is 0 Å². The molecule has 2 aliphatic heterocycles. The summed E-state index contributed by atoms with van der Waals surface area (Å²) in [6.45, 7) is 6.34. The summed E-state index contributed by atoms with van der Waals surface area (Å²) in [4.78, 5) is 16.7. The molecule has 1 atom stereocenters. The van der Waals surface area contributed by atoms with E-state index in [0.717, 1.165) is 26.1 Å². The molecule has 3 rings (SSSR count). The number of nitrogens with one attached hydrogen (secondary N) is 1. The molecule has 1 saturated carbocycles. The molecule has 0 radical (unpaired) electrons. The van der Waals surface area contributed by atoms with Gasteiger partial charge in [-0.15, -0.1) is 0 Å². The van der Waals surface area contributed by atoms with Crippen LogP contribution in [0.5, 0.6) is 0 Å². The Morgan fingerprint density at radius 3 is 2.59 bits per heavy atom. The average molecular weight is 237 g/mol. The van der Waals surface area contributed by atoms with Crippen molar-refractivity contribution >= 4 is 5.91 Å². The number of hydrogen-bond donors (Lipinski definition) is 1. The van der Waals surface area contributed by atoms with Gasteiger partial charge < -0.3 is 4.90 Å². The molecule has 17 heavy (non-hydrogen) atoms. The molecule has 3 fully saturated rings. The quantitative estimate of drug-likeness (QED) is 0.788. The van der Waals surface area contributed by atoms with Gasteiger partial charge in [0, 0.05) is 12.6 Å². The van der Waals surface area contributed by atoms with Crippen LogP contribution in [0, 0.1) is 0 Å². The number of hydrogen-bond acceptors (Lipinski definition) is 3. The molecule has 4 nitrogen and oxygen atoms in total. The predicted octanol–water partition coefficient (Wildman–Crippen LogP) is 0.783. The van der Waals surface area contributed by atoms with Gasteiger partial charge in [-0.3, -0.25) is 15.0 Å². The first kappa shape index (κ1) is 11.5. The molecular weight excluding hydrogens is 214 g/mol. The third-order valence-corrected chi connectivity index (χ3v) is 4.55. The summed E-state index contributed by atoms with van der Waals surface area (Å²) in [5.74, 6) is 0.348. The molecule has 0 aromatic heterocycles. The van der Waals surface area contributed by atoms with Crippen LogP contribution in [0.25, 0.3) is 0 Å². The van der Waals surface area contributed by atoms with Crippen LogP contribution in [-0.2, 0) is 4.79 Å². The van der Waals surface area contributed by atoms with E-state index >= 15 is 0 Å². The van der Waals surface area contributed by atoms with Gasteiger partial charge in [-0.25, -0.2) is 0 Å². The highest BCUT2D eigenvalue weighted by Crippen LogP contribution is 2.40. The summed E-state index contributed by atoms with van der Waals surface area (Å²) in [5, 5.41) is 3.37. The van der Waals surface area contributed by atoms with Gasteiger partial charge in [0.1, 0.15) is 0 Å². The van der Waals surface area contributed by atoms with Crippen LogP contribution in [0.4, 0.5) is 0 Å². The Morgan fingerprint density at radius 2 is 2.00 bits per heavy atom. The highest BCUT2D eigenvalue weighted by molar-refractivity contribution is 5.91. The average Bonchev–Trinajstić information content (AvgIpc) is 3.09. The summed E-state index contributed by atoms with van der Waals surface area (Å²) in [6, 6.07) is 0.509. The summed E-state index contributed by atoms with van der Waals surface area (Å²) >= 11 is 0. The molecule has 3 aliphatic rings. The topological polar surface area (TPSA) is 35.6 Å². The van der Waals surface area contributed by atoms with Crippen molar-refractivity contribution in [3.8, 4) is 0 Å². The smallest absolute Gasteiger partial charge is 0.244 e. The lowest BCUT2D eigenvalue weighted by molar-refractivity contribution is -0.130. The molecular formula is C13H23N3O. The fourth-order valence-electron chi connectivity index (χ4n) is 3.15. The first-order valence-electron chi connectivity index (χ1n) is 7.00. The maximum atomic E-state index is 12.2. The van der Waals surface area contributed by atoms with Crippen LogP contribution in [0.15, 0.2) is 0 Å². The largest absolute Gasteiger partial charge is 0.327 e. The van der Waals surface area contributed by atoms with E-state index in [-0.39, 0.29) is 5.54 Å². The lowest BCUT2D eigenvalue weighted by atomic mass is 10.1. The Hall–Kier alpha value is -0.610. The molecule has 1 unspecified atom stereocenters. The summed E-state index contributed by atoms with van der Waals surface area (Å²) in [7, 11) is 0. The Labute approximate surface area is 103 Å². The molecule has 4 heteroatoms. The highest BCUT2D eigenvalue weighted by Gasteiger charge is 2.55. The number of amides is 1. The van der Waals surface area contributed by atoms with E-state index in [1.165, 1.54) is 32.4 Å². The number of nitrogens with zero attached hydrogens (tertiary/aromatic N) is 2. The van der Waals surface area contributed by atoms with Gasteiger partial charge in [0.25, 0.3) is 0 Å². The van der Waals surface area contributed by atoms with Crippen molar-refractivity contribution in [2.45, 2.75) is 50.6 Å². The van der Waals surface area contributed by atoms with E-state index in [0.29, 0.717) is 11.9 Å². The van der Waals surface area contributed by atoms with E-state index < -0.39 is 0 Å². The van der Waals surface area contributed by atoms with Gasteiger partial charge in [-0.2, -0.15) is 0 Å². The minimum atomic E-state index is -0.123. The third kappa shape index (κ3) is 2.08. The molecule has 1 amide bonds. The summed E-state index contributed by atoms with van der Waals surface area (Å²) < 4.78 is 0. The van der Waals surface area contributed by atoms with Gasteiger partial charge in [0.05, 0.1) is 12.2 Å². The first-order valence-corrected chi connectivity index (χ1v) is 7.00. The number of likely N-dealkylation sites (tertiary alicyclic amines) is 1. The number of carbonyl (C=O) groups is 1. The van der Waals surface area contributed by atoms with Crippen molar-refractivity contribution in [1.82, 2.24) is 15.1 Å². The second-order valence-corrected chi connectivity index (χ2v) is 5.89. The Balaban J connectivity index is 1.54. The molecule has 0 bridgehead atoms. The van der Waals surface area contributed by atoms with Crippen molar-refractivity contribution in [2.75, 3.05) is 26.3 Å². The highest BCUT2D eigenvalue weighted by atomic mass is 16.2. The Bertz CT molecular complexity index is 308. The molecule has 2 saturated heterocycles. The first-order chi connectivity index (χ1) is 8.21. The molecule has 0 aromatic rings. The zero-order valence-corrected chi connectivity index (χ0v) is 10.7. The normalized spacial score (nSPS) is 29.9. The molecule has 2 heterocycles. The van der Waals surface area contributed by atoms with E-state index in [4.69, 9.17) is 0 Å². The third-order valence-electron chi connectivity index (χ3n) is 4.55.